The van der Waals surface area contributed by atoms with E-state index in [4.69, 9.17) is 11.6 Å². The molecule has 1 aliphatic heterocycles. The molecule has 2 atom stereocenters. The van der Waals surface area contributed by atoms with Crippen molar-refractivity contribution in [3.63, 3.8) is 0 Å². The van der Waals surface area contributed by atoms with E-state index >= 15 is 0 Å². The third kappa shape index (κ3) is 2.71. The summed E-state index contributed by atoms with van der Waals surface area (Å²) >= 11 is 8.11. The van der Waals surface area contributed by atoms with Gasteiger partial charge in [0.2, 0.25) is 0 Å². The molecule has 1 aromatic rings. The maximum Gasteiger partial charge on any atom is 0.0410 e. The van der Waals surface area contributed by atoms with Gasteiger partial charge in [0, 0.05) is 22.0 Å². The third-order valence-electron chi connectivity index (χ3n) is 4.06. The lowest BCUT2D eigenvalue weighted by molar-refractivity contribution is 0.380. The van der Waals surface area contributed by atoms with Gasteiger partial charge in [-0.2, -0.15) is 0 Å². The number of thioether (sulfide) groups is 1. The molecule has 1 heterocycles. The van der Waals surface area contributed by atoms with Crippen LogP contribution in [0.5, 0.6) is 0 Å². The van der Waals surface area contributed by atoms with Crippen LogP contribution in [-0.4, -0.2) is 11.8 Å². The maximum absolute atomic E-state index is 6.15. The number of hydrogen-bond donors (Lipinski definition) is 1. The van der Waals surface area contributed by atoms with Crippen molar-refractivity contribution in [1.29, 1.82) is 0 Å². The Balaban J connectivity index is 1.79. The molecule has 1 nitrogen and oxygen atoms in total. The van der Waals surface area contributed by atoms with Gasteiger partial charge in [0.15, 0.2) is 0 Å². The molecule has 2 unspecified atom stereocenters. The van der Waals surface area contributed by atoms with Gasteiger partial charge in [-0.15, -0.1) is 11.8 Å². The van der Waals surface area contributed by atoms with Crippen molar-refractivity contribution in [1.82, 2.24) is 5.32 Å². The van der Waals surface area contributed by atoms with Crippen LogP contribution in [0, 0.1) is 5.92 Å². The van der Waals surface area contributed by atoms with Crippen LogP contribution >= 0.6 is 23.4 Å². The first-order valence-corrected chi connectivity index (χ1v) is 8.32. The van der Waals surface area contributed by atoms with Gasteiger partial charge in [-0.05, 0) is 61.1 Å². The Morgan fingerprint density at radius 2 is 2.22 bits per heavy atom. The van der Waals surface area contributed by atoms with E-state index in [-0.39, 0.29) is 0 Å². The fourth-order valence-corrected chi connectivity index (χ4v) is 4.17. The highest BCUT2D eigenvalue weighted by atomic mass is 35.5. The molecule has 1 saturated carbocycles. The van der Waals surface area contributed by atoms with Crippen LogP contribution < -0.4 is 5.32 Å². The minimum Gasteiger partial charge on any atom is -0.307 e. The van der Waals surface area contributed by atoms with E-state index in [0.717, 1.165) is 10.9 Å². The largest absolute Gasteiger partial charge is 0.307 e. The van der Waals surface area contributed by atoms with Crippen LogP contribution in [0.2, 0.25) is 5.02 Å². The molecule has 18 heavy (non-hydrogen) atoms. The van der Waals surface area contributed by atoms with E-state index in [1.807, 2.05) is 17.8 Å². The maximum atomic E-state index is 6.15. The summed E-state index contributed by atoms with van der Waals surface area (Å²) in [5, 5.41) is 4.74. The van der Waals surface area contributed by atoms with E-state index in [0.29, 0.717) is 12.1 Å². The predicted octanol–water partition coefficient (Wildman–Crippen LogP) is 4.66. The average Bonchev–Trinajstić information content (AvgIpc) is 3.20. The first kappa shape index (κ1) is 12.8. The van der Waals surface area contributed by atoms with Crippen LogP contribution in [0.25, 0.3) is 0 Å². The lowest BCUT2D eigenvalue weighted by atomic mass is 10.0. The van der Waals surface area contributed by atoms with Gasteiger partial charge in [-0.1, -0.05) is 18.5 Å². The first-order chi connectivity index (χ1) is 8.78. The van der Waals surface area contributed by atoms with E-state index in [1.54, 1.807) is 0 Å². The minimum atomic E-state index is 0.505. The van der Waals surface area contributed by atoms with Crippen LogP contribution in [0.4, 0.5) is 0 Å². The molecule has 0 radical (unpaired) electrons. The van der Waals surface area contributed by atoms with Crippen molar-refractivity contribution in [3.05, 3.63) is 28.8 Å². The van der Waals surface area contributed by atoms with Gasteiger partial charge < -0.3 is 5.32 Å². The highest BCUT2D eigenvalue weighted by Crippen LogP contribution is 2.40. The Hall–Kier alpha value is -0.180. The number of halogens is 1. The highest BCUT2D eigenvalue weighted by Gasteiger charge is 2.32. The molecule has 0 saturated heterocycles. The summed E-state index contributed by atoms with van der Waals surface area (Å²) in [6.07, 6.45) is 5.29. The second kappa shape index (κ2) is 5.44. The number of benzene rings is 1. The number of fused-ring (bicyclic) bond motifs is 1. The minimum absolute atomic E-state index is 0.505. The average molecular weight is 282 g/mol. The van der Waals surface area contributed by atoms with Crippen molar-refractivity contribution in [2.45, 2.75) is 49.6 Å². The Kier molecular flexibility index (Phi) is 3.88. The van der Waals surface area contributed by atoms with Crippen molar-refractivity contribution in [3.8, 4) is 0 Å². The molecule has 1 aliphatic carbocycles. The second-order valence-electron chi connectivity index (χ2n) is 5.39. The molecule has 3 heteroatoms. The molecule has 1 aromatic carbocycles. The highest BCUT2D eigenvalue weighted by molar-refractivity contribution is 7.99. The molecular formula is C15H20ClNS. The van der Waals surface area contributed by atoms with Gasteiger partial charge in [0.1, 0.15) is 0 Å². The Labute approximate surface area is 119 Å². The molecule has 3 rings (SSSR count). The molecule has 2 aliphatic rings. The normalized spacial score (nSPS) is 24.7. The molecule has 1 N–H and O–H groups in total. The second-order valence-corrected chi connectivity index (χ2v) is 6.96. The fraction of sp³-hybridized carbons (Fsp3) is 0.600. The summed E-state index contributed by atoms with van der Waals surface area (Å²) in [5.41, 5.74) is 1.41. The summed E-state index contributed by atoms with van der Waals surface area (Å²) < 4.78 is 0. The lowest BCUT2D eigenvalue weighted by Crippen LogP contribution is -2.35. The predicted molar refractivity (Wildman–Crippen MR) is 79.5 cm³/mol. The van der Waals surface area contributed by atoms with Crippen molar-refractivity contribution < 1.29 is 0 Å². The van der Waals surface area contributed by atoms with E-state index in [2.05, 4.69) is 24.4 Å². The molecule has 98 valence electrons. The fourth-order valence-electron chi connectivity index (χ4n) is 2.88. The summed E-state index contributed by atoms with van der Waals surface area (Å²) in [7, 11) is 0. The van der Waals surface area contributed by atoms with Crippen LogP contribution in [0.15, 0.2) is 23.1 Å². The van der Waals surface area contributed by atoms with Gasteiger partial charge in [-0.25, -0.2) is 0 Å². The van der Waals surface area contributed by atoms with Gasteiger partial charge >= 0.3 is 0 Å². The van der Waals surface area contributed by atoms with Crippen molar-refractivity contribution >= 4 is 23.4 Å². The lowest BCUT2D eigenvalue weighted by Gasteiger charge is -2.30. The smallest absolute Gasteiger partial charge is 0.0410 e. The first-order valence-electron chi connectivity index (χ1n) is 6.96. The zero-order valence-electron chi connectivity index (χ0n) is 10.8. The molecule has 1 fully saturated rings. The zero-order chi connectivity index (χ0) is 12.5. The van der Waals surface area contributed by atoms with Crippen molar-refractivity contribution in [2.75, 3.05) is 5.75 Å². The summed E-state index contributed by atoms with van der Waals surface area (Å²) in [4.78, 5) is 1.41. The van der Waals surface area contributed by atoms with Gasteiger partial charge in [-0.3, -0.25) is 0 Å². The van der Waals surface area contributed by atoms with Crippen molar-refractivity contribution in [2.24, 2.45) is 5.92 Å². The summed E-state index contributed by atoms with van der Waals surface area (Å²) in [5.74, 6) is 2.14. The molecule has 0 spiro atoms. The number of rotatable bonds is 4. The number of hydrogen-bond acceptors (Lipinski definition) is 2. The van der Waals surface area contributed by atoms with Crippen LogP contribution in [0.3, 0.4) is 0 Å². The SMILES string of the molecule is CCC(NC1CCSc2ccc(Cl)cc21)C1CC1. The molecular weight excluding hydrogens is 262 g/mol. The standard InChI is InChI=1S/C15H20ClNS/c1-2-13(10-3-4-10)17-14-7-8-18-15-6-5-11(16)9-12(14)15/h5-6,9-10,13-14,17H,2-4,7-8H2,1H3. The Bertz CT molecular complexity index is 431. The van der Waals surface area contributed by atoms with E-state index < -0.39 is 0 Å². The quantitative estimate of drug-likeness (QED) is 0.862. The Morgan fingerprint density at radius 1 is 1.39 bits per heavy atom. The molecule has 0 bridgehead atoms. The third-order valence-corrected chi connectivity index (χ3v) is 5.42. The summed E-state index contributed by atoms with van der Waals surface area (Å²) in [6, 6.07) is 7.54. The zero-order valence-corrected chi connectivity index (χ0v) is 12.4. The monoisotopic (exact) mass is 281 g/mol. The van der Waals surface area contributed by atoms with Crippen LogP contribution in [-0.2, 0) is 0 Å². The number of nitrogens with one attached hydrogen (secondary N) is 1. The van der Waals surface area contributed by atoms with E-state index in [1.165, 1.54) is 41.9 Å². The van der Waals surface area contributed by atoms with Gasteiger partial charge in [0.25, 0.3) is 0 Å². The van der Waals surface area contributed by atoms with E-state index in [9.17, 15) is 0 Å². The van der Waals surface area contributed by atoms with Crippen LogP contribution in [0.1, 0.15) is 44.2 Å². The van der Waals surface area contributed by atoms with Gasteiger partial charge in [0.05, 0.1) is 0 Å². The summed E-state index contributed by atoms with van der Waals surface area (Å²) in [6.45, 7) is 2.30. The molecule has 0 amide bonds. The Morgan fingerprint density at radius 3 is 2.94 bits per heavy atom. The molecule has 0 aromatic heterocycles. The topological polar surface area (TPSA) is 12.0 Å².